The molecule has 0 saturated heterocycles. The monoisotopic (exact) mass is 354 g/mol. The molecule has 0 amide bonds. The van der Waals surface area contributed by atoms with Crippen LogP contribution in [0.4, 0.5) is 0 Å². The van der Waals surface area contributed by atoms with Crippen molar-refractivity contribution < 1.29 is 17.2 Å². The first-order valence-electron chi connectivity index (χ1n) is 3.32. The first-order valence-corrected chi connectivity index (χ1v) is 11.1. The van der Waals surface area contributed by atoms with Crippen LogP contribution in [0.2, 0.25) is 0 Å². The standard InChI is InChI=1S/C6H14I2N/c7-8-5-3-1-2-4-6-9/h1-6,9H2/q-1. The van der Waals surface area contributed by atoms with Gasteiger partial charge in [0.15, 0.2) is 0 Å². The summed E-state index contributed by atoms with van der Waals surface area (Å²) in [6.07, 6.45) is 5.41. The fourth-order valence-electron chi connectivity index (χ4n) is 0.643. The maximum absolute atomic E-state index is 5.35. The molecule has 0 bridgehead atoms. The summed E-state index contributed by atoms with van der Waals surface area (Å²) < 4.78 is 1.49. The summed E-state index contributed by atoms with van der Waals surface area (Å²) in [5.74, 6) is 0. The van der Waals surface area contributed by atoms with E-state index in [-0.39, 0.29) is 0 Å². The Balaban J connectivity index is 2.60. The van der Waals surface area contributed by atoms with Crippen LogP contribution in [0, 0.1) is 0 Å². The Labute approximate surface area is 77.6 Å². The van der Waals surface area contributed by atoms with Gasteiger partial charge in [0.05, 0.1) is 0 Å². The third-order valence-corrected chi connectivity index (χ3v) is 5.06. The molecule has 0 fully saturated rings. The number of halogens is 2. The van der Waals surface area contributed by atoms with Gasteiger partial charge in [-0.05, 0) is 0 Å². The first kappa shape index (κ1) is 10.4. The van der Waals surface area contributed by atoms with Crippen LogP contribution < -0.4 is 23.0 Å². The van der Waals surface area contributed by atoms with Crippen LogP contribution in [0.25, 0.3) is 0 Å². The van der Waals surface area contributed by atoms with Crippen LogP contribution in [-0.2, 0) is 0 Å². The molecule has 0 aromatic rings. The molecule has 0 aromatic heterocycles. The van der Waals surface area contributed by atoms with E-state index < -0.39 is 0 Å². The average molecular weight is 354 g/mol. The Morgan fingerprint density at radius 3 is 2.33 bits per heavy atom. The zero-order chi connectivity index (χ0) is 6.95. The Kier molecular flexibility index (Phi) is 10.9. The van der Waals surface area contributed by atoms with Gasteiger partial charge in [0.25, 0.3) is 0 Å². The van der Waals surface area contributed by atoms with Gasteiger partial charge >= 0.3 is 78.2 Å². The molecule has 0 saturated carbocycles. The van der Waals surface area contributed by atoms with Crippen LogP contribution in [-0.4, -0.2) is 11.0 Å². The molecule has 1 nitrogen and oxygen atoms in total. The number of nitrogens with two attached hydrogens (primary N) is 1. The maximum atomic E-state index is 5.35. The van der Waals surface area contributed by atoms with Gasteiger partial charge in [-0.15, -0.1) is 0 Å². The number of alkyl halides is 1. The normalized spacial score (nSPS) is 10.4. The minimum atomic E-state index is 0.524. The number of hydrogen-bond donors (Lipinski definition) is 1. The van der Waals surface area contributed by atoms with Crippen molar-refractivity contribution in [2.75, 3.05) is 11.0 Å². The summed E-state index contributed by atoms with van der Waals surface area (Å²) in [7, 11) is 0. The summed E-state index contributed by atoms with van der Waals surface area (Å²) >= 11 is 3.06. The Morgan fingerprint density at radius 1 is 1.11 bits per heavy atom. The van der Waals surface area contributed by atoms with Gasteiger partial charge < -0.3 is 0 Å². The minimum absolute atomic E-state index is 0.524. The molecular weight excluding hydrogens is 340 g/mol. The molecule has 0 aromatic carbocycles. The molecule has 0 aliphatic heterocycles. The quantitative estimate of drug-likeness (QED) is 0.368. The Morgan fingerprint density at radius 2 is 1.78 bits per heavy atom. The third-order valence-electron chi connectivity index (χ3n) is 1.16. The molecule has 0 rings (SSSR count). The van der Waals surface area contributed by atoms with Crippen molar-refractivity contribution in [3.8, 4) is 0 Å². The van der Waals surface area contributed by atoms with Gasteiger partial charge in [0, 0.05) is 0 Å². The summed E-state index contributed by atoms with van der Waals surface area (Å²) in [5.41, 5.74) is 5.35. The van der Waals surface area contributed by atoms with E-state index in [1.54, 1.807) is 0 Å². The predicted octanol–water partition coefficient (Wildman–Crippen LogP) is -1.06. The summed E-state index contributed by atoms with van der Waals surface area (Å²) in [5, 5.41) is 0. The van der Waals surface area contributed by atoms with E-state index in [4.69, 9.17) is 5.73 Å². The van der Waals surface area contributed by atoms with Gasteiger partial charge in [0.1, 0.15) is 0 Å². The van der Waals surface area contributed by atoms with E-state index in [0.29, 0.717) is 17.2 Å². The van der Waals surface area contributed by atoms with Gasteiger partial charge in [-0.2, -0.15) is 0 Å². The molecule has 0 spiro atoms. The molecule has 0 aliphatic rings. The summed E-state index contributed by atoms with van der Waals surface area (Å²) in [4.78, 5) is 0. The molecular formula is C6H14I2N-. The van der Waals surface area contributed by atoms with E-state index in [2.05, 4.69) is 18.6 Å². The van der Waals surface area contributed by atoms with Crippen LogP contribution in [0.15, 0.2) is 0 Å². The second-order valence-corrected chi connectivity index (χ2v) is 7.52. The third kappa shape index (κ3) is 9.42. The van der Waals surface area contributed by atoms with Gasteiger partial charge in [-0.3, -0.25) is 0 Å². The molecule has 0 heterocycles. The molecule has 0 aliphatic carbocycles. The van der Waals surface area contributed by atoms with E-state index in [1.165, 1.54) is 30.1 Å². The summed E-state index contributed by atoms with van der Waals surface area (Å²) in [6, 6.07) is 0. The van der Waals surface area contributed by atoms with E-state index in [1.807, 2.05) is 0 Å². The predicted molar refractivity (Wildman–Crippen MR) is 46.4 cm³/mol. The molecule has 58 valence electrons. The molecule has 0 atom stereocenters. The molecule has 9 heavy (non-hydrogen) atoms. The molecule has 0 radical (unpaired) electrons. The average Bonchev–Trinajstić information content (AvgIpc) is 1.89. The van der Waals surface area contributed by atoms with Gasteiger partial charge in [0.2, 0.25) is 0 Å². The van der Waals surface area contributed by atoms with E-state index in [9.17, 15) is 0 Å². The van der Waals surface area contributed by atoms with Crippen LogP contribution in [0.1, 0.15) is 25.7 Å². The van der Waals surface area contributed by atoms with Crippen molar-refractivity contribution in [2.24, 2.45) is 5.73 Å². The fourth-order valence-corrected chi connectivity index (χ4v) is 3.40. The first-order chi connectivity index (χ1) is 4.41. The van der Waals surface area contributed by atoms with Crippen molar-refractivity contribution in [3.63, 3.8) is 0 Å². The van der Waals surface area contributed by atoms with Crippen molar-refractivity contribution in [3.05, 3.63) is 0 Å². The molecule has 2 N–H and O–H groups in total. The SMILES string of the molecule is NCCCCCC[I-]I. The second-order valence-electron chi connectivity index (χ2n) is 1.99. The van der Waals surface area contributed by atoms with E-state index >= 15 is 0 Å². The van der Waals surface area contributed by atoms with Crippen LogP contribution >= 0.6 is 18.6 Å². The van der Waals surface area contributed by atoms with E-state index in [0.717, 1.165) is 6.54 Å². The fraction of sp³-hybridized carbons (Fsp3) is 1.00. The zero-order valence-corrected chi connectivity index (χ0v) is 9.89. The Hall–Kier alpha value is 1.42. The van der Waals surface area contributed by atoms with Gasteiger partial charge in [-0.25, -0.2) is 0 Å². The number of hydrogen-bond acceptors (Lipinski definition) is 1. The van der Waals surface area contributed by atoms with Crippen molar-refractivity contribution in [1.82, 2.24) is 0 Å². The topological polar surface area (TPSA) is 26.0 Å². The van der Waals surface area contributed by atoms with Crippen molar-refractivity contribution >= 4 is 18.6 Å². The Bertz CT molecular complexity index is 44.3. The van der Waals surface area contributed by atoms with Crippen molar-refractivity contribution in [1.29, 1.82) is 0 Å². The van der Waals surface area contributed by atoms with Crippen LogP contribution in [0.3, 0.4) is 0 Å². The number of unbranched alkanes of at least 4 members (excludes halogenated alkanes) is 3. The van der Waals surface area contributed by atoms with Gasteiger partial charge in [-0.1, -0.05) is 0 Å². The number of rotatable bonds is 6. The molecule has 0 unspecified atom stereocenters. The van der Waals surface area contributed by atoms with Crippen LogP contribution in [0.5, 0.6) is 0 Å². The molecule has 3 heteroatoms. The second kappa shape index (κ2) is 9.42. The van der Waals surface area contributed by atoms with Crippen molar-refractivity contribution in [2.45, 2.75) is 25.7 Å². The summed E-state index contributed by atoms with van der Waals surface area (Å²) in [6.45, 7) is 0.874. The zero-order valence-electron chi connectivity index (χ0n) is 5.58.